The maximum Gasteiger partial charge on any atom is 0.374 e. The minimum absolute atomic E-state index is 0.159. The lowest BCUT2D eigenvalue weighted by molar-refractivity contribution is 0.00682. The van der Waals surface area contributed by atoms with Crippen LogP contribution in [0.3, 0.4) is 0 Å². The van der Waals surface area contributed by atoms with E-state index in [2.05, 4.69) is 20.4 Å². The maximum atomic E-state index is 13.0. The molecule has 3 aromatic rings. The molecule has 2 aromatic heterocycles. The summed E-state index contributed by atoms with van der Waals surface area (Å²) >= 11 is 0. The second-order valence-corrected chi connectivity index (χ2v) is 8.65. The molecule has 1 aliphatic carbocycles. The van der Waals surface area contributed by atoms with E-state index in [-0.39, 0.29) is 23.5 Å². The van der Waals surface area contributed by atoms with Crippen molar-refractivity contribution in [2.45, 2.75) is 52.2 Å². The number of hydrogen-bond donors (Lipinski definition) is 2. The van der Waals surface area contributed by atoms with Crippen LogP contribution in [0, 0.1) is 6.92 Å². The number of fused-ring (bicyclic) bond motifs is 2. The minimum Gasteiger partial charge on any atom is -0.475 e. The third kappa shape index (κ3) is 3.91. The highest BCUT2D eigenvalue weighted by Crippen LogP contribution is 2.35. The molecule has 0 aliphatic heterocycles. The van der Waals surface area contributed by atoms with Gasteiger partial charge in [-0.1, -0.05) is 6.07 Å². The lowest BCUT2D eigenvalue weighted by atomic mass is 9.97. The zero-order valence-corrected chi connectivity index (χ0v) is 18.2. The van der Waals surface area contributed by atoms with E-state index in [0.29, 0.717) is 18.4 Å². The number of carbonyl (C=O) groups excluding carboxylic acids is 2. The van der Waals surface area contributed by atoms with Crippen LogP contribution in [0.15, 0.2) is 24.4 Å². The number of aromatic nitrogens is 4. The number of ether oxygens (including phenoxy) is 1. The second kappa shape index (κ2) is 7.70. The van der Waals surface area contributed by atoms with Crippen LogP contribution in [0.1, 0.15) is 81.5 Å². The van der Waals surface area contributed by atoms with E-state index < -0.39 is 23.3 Å². The molecule has 0 unspecified atom stereocenters. The Bertz CT molecular complexity index is 1260. The number of esters is 1. The molecule has 2 N–H and O–H groups in total. The zero-order valence-electron chi connectivity index (χ0n) is 18.2. The van der Waals surface area contributed by atoms with Crippen LogP contribution >= 0.6 is 0 Å². The Labute approximate surface area is 183 Å². The van der Waals surface area contributed by atoms with E-state index in [0.717, 1.165) is 16.7 Å². The number of rotatable bonds is 4. The van der Waals surface area contributed by atoms with Crippen molar-refractivity contribution in [3.8, 4) is 0 Å². The second-order valence-electron chi connectivity index (χ2n) is 8.65. The van der Waals surface area contributed by atoms with Gasteiger partial charge in [-0.25, -0.2) is 14.6 Å². The summed E-state index contributed by atoms with van der Waals surface area (Å²) in [6.07, 6.45) is 2.74. The molecule has 0 saturated heterocycles. The van der Waals surface area contributed by atoms with Gasteiger partial charge in [0.15, 0.2) is 5.65 Å². The van der Waals surface area contributed by atoms with E-state index in [4.69, 9.17) is 4.74 Å². The molecule has 10 nitrogen and oxygen atoms in total. The van der Waals surface area contributed by atoms with Crippen LogP contribution in [-0.2, 0) is 11.2 Å². The van der Waals surface area contributed by atoms with Crippen molar-refractivity contribution >= 4 is 23.5 Å². The van der Waals surface area contributed by atoms with E-state index in [1.54, 1.807) is 6.07 Å². The molecule has 0 saturated carbocycles. The Hall–Kier alpha value is -3.82. The largest absolute Gasteiger partial charge is 0.475 e. The number of nitrogens with one attached hydrogen (secondary N) is 1. The standard InChI is InChI=1S/C22H23N5O5/c1-11-12-7-8-15(14(12)6-5-13(11)21(31)32-22(2,3)4)24-19(28)18-26-17(20(29)30)25-16-9-10-23-27(16)18/h5-6,9-10,15H,7-8H2,1-4H3,(H,24,28)(H,29,30)/t15-/m0/s1. The van der Waals surface area contributed by atoms with Gasteiger partial charge < -0.3 is 15.2 Å². The Morgan fingerprint density at radius 2 is 1.94 bits per heavy atom. The zero-order chi connectivity index (χ0) is 23.2. The third-order valence-corrected chi connectivity index (χ3v) is 5.27. The van der Waals surface area contributed by atoms with Gasteiger partial charge in [0.1, 0.15) is 5.60 Å². The number of aromatic carboxylic acids is 1. The fraction of sp³-hybridized carbons (Fsp3) is 0.364. The Morgan fingerprint density at radius 1 is 1.19 bits per heavy atom. The highest BCUT2D eigenvalue weighted by Gasteiger charge is 2.30. The quantitative estimate of drug-likeness (QED) is 0.594. The first-order valence-electron chi connectivity index (χ1n) is 10.2. The number of hydrogen-bond acceptors (Lipinski definition) is 7. The molecule has 1 atom stereocenters. The topological polar surface area (TPSA) is 136 Å². The number of benzene rings is 1. The number of carboxylic acids is 1. The van der Waals surface area contributed by atoms with Gasteiger partial charge in [-0.3, -0.25) is 4.79 Å². The van der Waals surface area contributed by atoms with E-state index in [1.165, 1.54) is 16.8 Å². The normalized spacial score (nSPS) is 15.4. The van der Waals surface area contributed by atoms with Crippen molar-refractivity contribution in [2.24, 2.45) is 0 Å². The SMILES string of the molecule is Cc1c(C(=O)OC(C)(C)C)ccc2c1CC[C@@H]2NC(=O)c1nc(C(=O)O)nc2ccnn12. The van der Waals surface area contributed by atoms with Crippen molar-refractivity contribution < 1.29 is 24.2 Å². The predicted molar refractivity (Wildman–Crippen MR) is 113 cm³/mol. The van der Waals surface area contributed by atoms with Crippen molar-refractivity contribution in [2.75, 3.05) is 0 Å². The van der Waals surface area contributed by atoms with Gasteiger partial charge in [-0.05, 0) is 63.3 Å². The molecule has 0 radical (unpaired) electrons. The Kier molecular flexibility index (Phi) is 5.15. The van der Waals surface area contributed by atoms with Crippen LogP contribution < -0.4 is 5.32 Å². The Morgan fingerprint density at radius 3 is 2.62 bits per heavy atom. The monoisotopic (exact) mass is 437 g/mol. The first-order valence-corrected chi connectivity index (χ1v) is 10.2. The highest BCUT2D eigenvalue weighted by molar-refractivity contribution is 5.94. The summed E-state index contributed by atoms with van der Waals surface area (Å²) in [5, 5.41) is 16.2. The van der Waals surface area contributed by atoms with Crippen LogP contribution in [0.5, 0.6) is 0 Å². The van der Waals surface area contributed by atoms with Gasteiger partial charge in [0.2, 0.25) is 11.6 Å². The van der Waals surface area contributed by atoms with E-state index >= 15 is 0 Å². The lowest BCUT2D eigenvalue weighted by Gasteiger charge is -2.21. The van der Waals surface area contributed by atoms with Crippen LogP contribution in [-0.4, -0.2) is 48.1 Å². The van der Waals surface area contributed by atoms with Gasteiger partial charge in [0, 0.05) is 6.07 Å². The molecule has 4 rings (SSSR count). The van der Waals surface area contributed by atoms with Crippen LogP contribution in [0.25, 0.3) is 5.65 Å². The molecule has 1 aromatic carbocycles. The van der Waals surface area contributed by atoms with Gasteiger partial charge in [0.25, 0.3) is 5.91 Å². The summed E-state index contributed by atoms with van der Waals surface area (Å²) in [5.74, 6) is -2.91. The van der Waals surface area contributed by atoms with E-state index in [1.807, 2.05) is 33.8 Å². The average molecular weight is 437 g/mol. The fourth-order valence-corrected chi connectivity index (χ4v) is 3.88. The summed E-state index contributed by atoms with van der Waals surface area (Å²) < 4.78 is 6.70. The highest BCUT2D eigenvalue weighted by atomic mass is 16.6. The molecule has 0 spiro atoms. The van der Waals surface area contributed by atoms with Gasteiger partial charge in [-0.15, -0.1) is 0 Å². The molecule has 2 heterocycles. The lowest BCUT2D eigenvalue weighted by Crippen LogP contribution is -2.31. The van der Waals surface area contributed by atoms with Crippen molar-refractivity contribution in [1.29, 1.82) is 0 Å². The summed E-state index contributed by atoms with van der Waals surface area (Å²) in [7, 11) is 0. The van der Waals surface area contributed by atoms with Crippen molar-refractivity contribution in [1.82, 2.24) is 24.9 Å². The van der Waals surface area contributed by atoms with Crippen LogP contribution in [0.4, 0.5) is 0 Å². The first kappa shape index (κ1) is 21.4. The average Bonchev–Trinajstić information content (AvgIpc) is 3.33. The predicted octanol–water partition coefficient (Wildman–Crippen LogP) is 2.50. The maximum absolute atomic E-state index is 13.0. The van der Waals surface area contributed by atoms with Gasteiger partial charge in [0.05, 0.1) is 17.8 Å². The van der Waals surface area contributed by atoms with Crippen molar-refractivity contribution in [3.63, 3.8) is 0 Å². The number of amides is 1. The first-order chi connectivity index (χ1) is 15.0. The smallest absolute Gasteiger partial charge is 0.374 e. The fourth-order valence-electron chi connectivity index (χ4n) is 3.88. The number of carboxylic acid groups (broad SMARTS) is 1. The molecule has 1 amide bonds. The molecule has 0 fully saturated rings. The summed E-state index contributed by atoms with van der Waals surface area (Å²) in [5.41, 5.74) is 2.86. The Balaban J connectivity index is 1.61. The number of nitrogens with zero attached hydrogens (tertiary/aromatic N) is 4. The van der Waals surface area contributed by atoms with Crippen molar-refractivity contribution in [3.05, 3.63) is 58.3 Å². The molecule has 32 heavy (non-hydrogen) atoms. The van der Waals surface area contributed by atoms with Gasteiger partial charge in [-0.2, -0.15) is 14.6 Å². The summed E-state index contributed by atoms with van der Waals surface area (Å²) in [6, 6.07) is 4.73. The van der Waals surface area contributed by atoms with E-state index in [9.17, 15) is 19.5 Å². The molecular weight excluding hydrogens is 414 g/mol. The molecule has 166 valence electrons. The number of carbonyl (C=O) groups is 3. The van der Waals surface area contributed by atoms with Crippen LogP contribution in [0.2, 0.25) is 0 Å². The minimum atomic E-state index is -1.33. The molecule has 10 heteroatoms. The third-order valence-electron chi connectivity index (χ3n) is 5.27. The van der Waals surface area contributed by atoms with Gasteiger partial charge >= 0.3 is 11.9 Å². The summed E-state index contributed by atoms with van der Waals surface area (Å²) in [6.45, 7) is 7.33. The molecule has 1 aliphatic rings. The molecule has 0 bridgehead atoms. The summed E-state index contributed by atoms with van der Waals surface area (Å²) in [4.78, 5) is 44.6. The molecular formula is C22H23N5O5.